The van der Waals surface area contributed by atoms with Crippen LogP contribution in [0.3, 0.4) is 0 Å². The van der Waals surface area contributed by atoms with Crippen LogP contribution in [0.5, 0.6) is 11.5 Å². The van der Waals surface area contributed by atoms with Crippen molar-refractivity contribution in [3.05, 3.63) is 47.3 Å². The molecule has 2 N–H and O–H groups in total. The lowest BCUT2D eigenvalue weighted by Gasteiger charge is -2.33. The Bertz CT molecular complexity index is 812. The lowest BCUT2D eigenvalue weighted by Crippen LogP contribution is -2.52. The SMILES string of the molecule is CF.Oc1cccc(F)c1-c1c(F)cc2c(c1F)OCC1CNCCN1C2. The van der Waals surface area contributed by atoms with Gasteiger partial charge in [-0.3, -0.25) is 9.29 Å². The molecule has 2 aromatic rings. The highest BCUT2D eigenvalue weighted by Crippen LogP contribution is 2.41. The van der Waals surface area contributed by atoms with Crippen molar-refractivity contribution in [3.8, 4) is 22.6 Å². The first-order valence-corrected chi connectivity index (χ1v) is 8.50. The zero-order valence-electron chi connectivity index (χ0n) is 14.7. The van der Waals surface area contributed by atoms with Gasteiger partial charge in [-0.05, 0) is 18.2 Å². The molecule has 2 aliphatic heterocycles. The van der Waals surface area contributed by atoms with Crippen molar-refractivity contribution in [2.24, 2.45) is 0 Å². The average molecular weight is 384 g/mol. The van der Waals surface area contributed by atoms with Gasteiger partial charge in [0.2, 0.25) is 0 Å². The Morgan fingerprint density at radius 2 is 1.93 bits per heavy atom. The van der Waals surface area contributed by atoms with E-state index in [9.17, 15) is 18.3 Å². The first-order chi connectivity index (χ1) is 13.1. The number of nitrogens with one attached hydrogen (secondary N) is 1. The fourth-order valence-corrected chi connectivity index (χ4v) is 3.49. The van der Waals surface area contributed by atoms with Crippen LogP contribution in [0.2, 0.25) is 0 Å². The molecule has 27 heavy (non-hydrogen) atoms. The van der Waals surface area contributed by atoms with E-state index in [1.807, 2.05) is 0 Å². The molecule has 1 fully saturated rings. The third kappa shape index (κ3) is 3.59. The number of halogens is 4. The molecule has 4 nitrogen and oxygen atoms in total. The van der Waals surface area contributed by atoms with Crippen molar-refractivity contribution in [2.75, 3.05) is 33.4 Å². The molecule has 146 valence electrons. The van der Waals surface area contributed by atoms with Gasteiger partial charge in [0.05, 0.1) is 24.3 Å². The summed E-state index contributed by atoms with van der Waals surface area (Å²) in [6.07, 6.45) is 0. The molecule has 2 heterocycles. The van der Waals surface area contributed by atoms with E-state index in [0.717, 1.165) is 19.2 Å². The van der Waals surface area contributed by atoms with Crippen LogP contribution in [0.15, 0.2) is 24.3 Å². The van der Waals surface area contributed by atoms with Crippen molar-refractivity contribution in [2.45, 2.75) is 12.6 Å². The van der Waals surface area contributed by atoms with Crippen LogP contribution in [-0.2, 0) is 6.54 Å². The number of benzene rings is 2. The molecule has 1 atom stereocenters. The summed E-state index contributed by atoms with van der Waals surface area (Å²) in [5, 5.41) is 13.1. The van der Waals surface area contributed by atoms with Crippen LogP contribution in [0, 0.1) is 17.5 Å². The maximum Gasteiger partial charge on any atom is 0.176 e. The standard InChI is InChI=1S/C18H17F3N2O2.CH3F/c19-12-2-1-3-14(24)15(12)16-13(20)6-10-8-23-5-4-22-7-11(23)9-25-18(10)17(16)21;1-2/h1-3,6,11,22,24H,4-5,7-9H2;1H3. The molecule has 1 saturated heterocycles. The van der Waals surface area contributed by atoms with Crippen molar-refractivity contribution < 1.29 is 27.4 Å². The summed E-state index contributed by atoms with van der Waals surface area (Å²) in [6.45, 7) is 2.88. The van der Waals surface area contributed by atoms with Crippen molar-refractivity contribution in [3.63, 3.8) is 0 Å². The van der Waals surface area contributed by atoms with Gasteiger partial charge in [0, 0.05) is 31.7 Å². The predicted octanol–water partition coefficient (Wildman–Crippen LogP) is 3.23. The molecule has 0 amide bonds. The number of hydrogen-bond donors (Lipinski definition) is 2. The first-order valence-electron chi connectivity index (χ1n) is 8.50. The van der Waals surface area contributed by atoms with Crippen LogP contribution < -0.4 is 10.1 Å². The van der Waals surface area contributed by atoms with Crippen molar-refractivity contribution >= 4 is 0 Å². The average Bonchev–Trinajstić information content (AvgIpc) is 2.85. The summed E-state index contributed by atoms with van der Waals surface area (Å²) in [5.74, 6) is -3.40. The molecular formula is C19H20F4N2O2. The van der Waals surface area contributed by atoms with Gasteiger partial charge < -0.3 is 15.2 Å². The largest absolute Gasteiger partial charge is 0.507 e. The zero-order chi connectivity index (χ0) is 19.6. The number of fused-ring (bicyclic) bond motifs is 2. The summed E-state index contributed by atoms with van der Waals surface area (Å²) in [4.78, 5) is 2.11. The molecule has 0 bridgehead atoms. The van der Waals surface area contributed by atoms with Crippen LogP contribution in [0.4, 0.5) is 17.6 Å². The molecular weight excluding hydrogens is 364 g/mol. The smallest absolute Gasteiger partial charge is 0.176 e. The number of phenolic OH excluding ortho intramolecular Hbond substituents is 1. The number of piperazine rings is 1. The second-order valence-electron chi connectivity index (χ2n) is 6.31. The van der Waals surface area contributed by atoms with Gasteiger partial charge in [-0.15, -0.1) is 0 Å². The number of ether oxygens (including phenoxy) is 1. The van der Waals surface area contributed by atoms with E-state index in [2.05, 4.69) is 10.2 Å². The molecule has 0 spiro atoms. The number of phenols is 1. The van der Waals surface area contributed by atoms with Gasteiger partial charge in [-0.1, -0.05) is 6.07 Å². The molecule has 4 rings (SSSR count). The minimum atomic E-state index is -0.983. The van der Waals surface area contributed by atoms with Crippen LogP contribution in [0.25, 0.3) is 11.1 Å². The second kappa shape index (κ2) is 8.14. The third-order valence-electron chi connectivity index (χ3n) is 4.76. The van der Waals surface area contributed by atoms with E-state index in [1.54, 1.807) is 0 Å². The Hall–Kier alpha value is -2.32. The third-order valence-corrected chi connectivity index (χ3v) is 4.76. The number of aromatic hydroxyl groups is 1. The van der Waals surface area contributed by atoms with E-state index in [4.69, 9.17) is 4.74 Å². The Morgan fingerprint density at radius 1 is 1.15 bits per heavy atom. The molecule has 0 radical (unpaired) electrons. The van der Waals surface area contributed by atoms with Crippen molar-refractivity contribution in [1.82, 2.24) is 10.2 Å². The van der Waals surface area contributed by atoms with E-state index in [-0.39, 0.29) is 18.4 Å². The maximum absolute atomic E-state index is 15.0. The molecule has 0 saturated carbocycles. The van der Waals surface area contributed by atoms with Crippen LogP contribution in [0.1, 0.15) is 5.56 Å². The Morgan fingerprint density at radius 3 is 2.67 bits per heavy atom. The fourth-order valence-electron chi connectivity index (χ4n) is 3.49. The van der Waals surface area contributed by atoms with Gasteiger partial charge in [0.25, 0.3) is 0 Å². The highest BCUT2D eigenvalue weighted by molar-refractivity contribution is 5.74. The quantitative estimate of drug-likeness (QED) is 0.741. The first kappa shape index (κ1) is 19.4. The highest BCUT2D eigenvalue weighted by atomic mass is 19.1. The van der Waals surface area contributed by atoms with Gasteiger partial charge in [0.15, 0.2) is 11.6 Å². The lowest BCUT2D eigenvalue weighted by atomic mass is 9.99. The van der Waals surface area contributed by atoms with E-state index < -0.39 is 34.3 Å². The van der Waals surface area contributed by atoms with Crippen LogP contribution >= 0.6 is 0 Å². The summed E-state index contributed by atoms with van der Waals surface area (Å²) < 4.78 is 58.9. The fraction of sp³-hybridized carbons (Fsp3) is 0.368. The Labute approximate surface area is 154 Å². The zero-order valence-corrected chi connectivity index (χ0v) is 14.7. The lowest BCUT2D eigenvalue weighted by molar-refractivity contribution is 0.119. The maximum atomic E-state index is 15.0. The monoisotopic (exact) mass is 384 g/mol. The van der Waals surface area contributed by atoms with E-state index in [1.165, 1.54) is 18.2 Å². The van der Waals surface area contributed by atoms with Crippen molar-refractivity contribution in [1.29, 1.82) is 0 Å². The number of nitrogens with zero attached hydrogens (tertiary/aromatic N) is 1. The molecule has 0 aromatic heterocycles. The van der Waals surface area contributed by atoms with E-state index >= 15 is 4.39 Å². The van der Waals surface area contributed by atoms with Gasteiger partial charge in [0.1, 0.15) is 24.0 Å². The molecule has 0 aliphatic carbocycles. The molecule has 8 heteroatoms. The van der Waals surface area contributed by atoms with Gasteiger partial charge in [-0.25, -0.2) is 13.2 Å². The number of hydrogen-bond acceptors (Lipinski definition) is 4. The second-order valence-corrected chi connectivity index (χ2v) is 6.31. The van der Waals surface area contributed by atoms with E-state index in [0.29, 0.717) is 25.8 Å². The highest BCUT2D eigenvalue weighted by Gasteiger charge is 2.31. The topological polar surface area (TPSA) is 44.7 Å². The molecule has 1 unspecified atom stereocenters. The summed E-state index contributed by atoms with van der Waals surface area (Å²) in [6, 6.07) is 4.75. The summed E-state index contributed by atoms with van der Waals surface area (Å²) >= 11 is 0. The normalized spacial score (nSPS) is 19.1. The number of rotatable bonds is 1. The predicted molar refractivity (Wildman–Crippen MR) is 93.0 cm³/mol. The van der Waals surface area contributed by atoms with Gasteiger partial charge in [-0.2, -0.15) is 0 Å². The number of alkyl halides is 1. The minimum Gasteiger partial charge on any atom is -0.507 e. The Balaban J connectivity index is 0.00000102. The molecule has 2 aromatic carbocycles. The van der Waals surface area contributed by atoms with Gasteiger partial charge >= 0.3 is 0 Å². The Kier molecular flexibility index (Phi) is 5.86. The van der Waals surface area contributed by atoms with Crippen LogP contribution in [-0.4, -0.2) is 49.5 Å². The molecule has 2 aliphatic rings. The summed E-state index contributed by atoms with van der Waals surface area (Å²) in [5.41, 5.74) is -0.709. The summed E-state index contributed by atoms with van der Waals surface area (Å²) in [7, 11) is 0.500. The minimum absolute atomic E-state index is 0.0638.